The molecule has 0 aromatic heterocycles. The van der Waals surface area contributed by atoms with Gasteiger partial charge in [0.25, 0.3) is 0 Å². The quantitative estimate of drug-likeness (QED) is 0.646. The summed E-state index contributed by atoms with van der Waals surface area (Å²) in [5.41, 5.74) is -2.73. The Bertz CT molecular complexity index is 331. The summed E-state index contributed by atoms with van der Waals surface area (Å²) in [6.45, 7) is 2.96. The molecule has 0 N–H and O–H groups in total. The first kappa shape index (κ1) is 12.2. The fourth-order valence-corrected chi connectivity index (χ4v) is 3.20. The molecule has 0 atom stereocenters. The fraction of sp³-hybridized carbons (Fsp3) is 0.667. The van der Waals surface area contributed by atoms with Gasteiger partial charge in [0.2, 0.25) is 0 Å². The van der Waals surface area contributed by atoms with Gasteiger partial charge < -0.3 is 0 Å². The Morgan fingerprint density at radius 1 is 0.750 bits per heavy atom. The smallest absolute Gasteiger partial charge is 0.245 e. The Kier molecular flexibility index (Phi) is 2.38. The monoisotopic (exact) mass is 306 g/mol. The summed E-state index contributed by atoms with van der Waals surface area (Å²) < 4.78 is 2.97. The normalized spacial score (nSPS) is 38.9. The predicted octanol–water partition coefficient (Wildman–Crippen LogP) is 2.51. The average Bonchev–Trinajstić information content (AvgIpc) is 2.48. The van der Waals surface area contributed by atoms with Gasteiger partial charge in [0.05, 0.1) is 0 Å². The lowest BCUT2D eigenvalue weighted by Crippen LogP contribution is -2.59. The maximum Gasteiger partial charge on any atom is 0.353 e. The van der Waals surface area contributed by atoms with Crippen molar-refractivity contribution in [2.45, 2.75) is 25.2 Å². The Hall–Kier alpha value is -0.300. The van der Waals surface area contributed by atoms with E-state index in [2.05, 4.69) is 0 Å². The highest BCUT2D eigenvalue weighted by Crippen LogP contribution is 2.54. The lowest BCUT2D eigenvalue weighted by molar-refractivity contribution is 0.0698. The summed E-state index contributed by atoms with van der Waals surface area (Å²) in [7, 11) is 0. The van der Waals surface area contributed by atoms with Gasteiger partial charge in [-0.25, -0.2) is 27.3 Å². The molecule has 4 amide bonds. The second-order valence-corrected chi connectivity index (χ2v) is 5.08. The third-order valence-electron chi connectivity index (χ3n) is 3.10. The standard InChI is InChI=1S/C6H6Cl4N4O2/c1-5-6(2,13(9)3(15)11(5)7)14(10)4(16)12(5)8/h1-2H3. The summed E-state index contributed by atoms with van der Waals surface area (Å²) >= 11 is 23.2. The molecule has 0 aromatic carbocycles. The molecule has 16 heavy (non-hydrogen) atoms. The van der Waals surface area contributed by atoms with Crippen molar-refractivity contribution < 1.29 is 9.59 Å². The van der Waals surface area contributed by atoms with Crippen LogP contribution in [0.15, 0.2) is 0 Å². The van der Waals surface area contributed by atoms with E-state index in [1.165, 1.54) is 13.8 Å². The molecule has 2 aliphatic rings. The largest absolute Gasteiger partial charge is 0.353 e. The maximum absolute atomic E-state index is 11.6. The first-order chi connectivity index (χ1) is 7.20. The maximum atomic E-state index is 11.6. The first-order valence-electron chi connectivity index (χ1n) is 4.12. The minimum absolute atomic E-state index is 0.711. The number of carbonyl (C=O) groups is 2. The molecule has 2 fully saturated rings. The van der Waals surface area contributed by atoms with E-state index in [0.29, 0.717) is 0 Å². The molecular weight excluding hydrogens is 302 g/mol. The van der Waals surface area contributed by atoms with Crippen molar-refractivity contribution in [1.29, 1.82) is 0 Å². The van der Waals surface area contributed by atoms with Gasteiger partial charge >= 0.3 is 12.1 Å². The van der Waals surface area contributed by atoms with Crippen molar-refractivity contribution in [1.82, 2.24) is 17.7 Å². The SMILES string of the molecule is CC12N(Cl)C(=O)N(Cl)C1(C)N(Cl)C(=O)N2Cl. The molecule has 2 rings (SSSR count). The van der Waals surface area contributed by atoms with E-state index in [9.17, 15) is 9.59 Å². The topological polar surface area (TPSA) is 47.1 Å². The van der Waals surface area contributed by atoms with Gasteiger partial charge in [-0.2, -0.15) is 0 Å². The third kappa shape index (κ3) is 0.932. The van der Waals surface area contributed by atoms with Crippen LogP contribution in [0, 0.1) is 0 Å². The zero-order valence-electron chi connectivity index (χ0n) is 8.12. The highest BCUT2D eigenvalue weighted by atomic mass is 35.5. The molecule has 0 radical (unpaired) electrons. The van der Waals surface area contributed by atoms with Crippen LogP contribution in [0.25, 0.3) is 0 Å². The van der Waals surface area contributed by atoms with E-state index in [4.69, 9.17) is 47.1 Å². The second kappa shape index (κ2) is 3.13. The van der Waals surface area contributed by atoms with Crippen molar-refractivity contribution in [3.05, 3.63) is 0 Å². The number of hydrogen-bond donors (Lipinski definition) is 0. The number of fused-ring (bicyclic) bond motifs is 1. The number of amides is 4. The van der Waals surface area contributed by atoms with Crippen LogP contribution < -0.4 is 0 Å². The number of hydrogen-bond acceptors (Lipinski definition) is 2. The number of halogens is 4. The molecule has 2 heterocycles. The Balaban J connectivity index is 2.66. The van der Waals surface area contributed by atoms with Crippen LogP contribution in [-0.2, 0) is 0 Å². The van der Waals surface area contributed by atoms with Crippen LogP contribution in [0.1, 0.15) is 13.8 Å². The molecule has 10 heteroatoms. The molecule has 2 saturated heterocycles. The van der Waals surface area contributed by atoms with Crippen molar-refractivity contribution in [3.63, 3.8) is 0 Å². The van der Waals surface area contributed by atoms with Crippen molar-refractivity contribution in [3.8, 4) is 0 Å². The third-order valence-corrected chi connectivity index (χ3v) is 4.99. The Labute approximate surface area is 112 Å². The molecule has 0 spiro atoms. The molecule has 2 aliphatic heterocycles. The Morgan fingerprint density at radius 3 is 1.12 bits per heavy atom. The minimum Gasteiger partial charge on any atom is -0.245 e. The molecule has 0 saturated carbocycles. The first-order valence-corrected chi connectivity index (χ1v) is 5.48. The van der Waals surface area contributed by atoms with Gasteiger partial charge in [0.1, 0.15) is 0 Å². The lowest BCUT2D eigenvalue weighted by atomic mass is 10.0. The van der Waals surface area contributed by atoms with Crippen LogP contribution in [-0.4, -0.2) is 41.1 Å². The van der Waals surface area contributed by atoms with Crippen molar-refractivity contribution in [2.75, 3.05) is 0 Å². The van der Waals surface area contributed by atoms with Crippen LogP contribution in [0.4, 0.5) is 9.59 Å². The summed E-state index contributed by atoms with van der Waals surface area (Å²) in [5.74, 6) is 0. The van der Waals surface area contributed by atoms with Crippen LogP contribution in [0.3, 0.4) is 0 Å². The van der Waals surface area contributed by atoms with E-state index in [0.717, 1.165) is 17.7 Å². The number of carbonyl (C=O) groups excluding carboxylic acids is 2. The highest BCUT2D eigenvalue weighted by Gasteiger charge is 2.75. The van der Waals surface area contributed by atoms with Crippen LogP contribution >= 0.6 is 47.1 Å². The zero-order chi connectivity index (χ0) is 12.5. The van der Waals surface area contributed by atoms with Crippen molar-refractivity contribution >= 4 is 59.2 Å². The minimum atomic E-state index is -1.37. The molecule has 0 unspecified atom stereocenters. The lowest BCUT2D eigenvalue weighted by Gasteiger charge is -2.37. The second-order valence-electron chi connectivity index (χ2n) is 3.73. The van der Waals surface area contributed by atoms with E-state index in [1.54, 1.807) is 0 Å². The Morgan fingerprint density at radius 2 is 0.938 bits per heavy atom. The molecule has 0 bridgehead atoms. The van der Waals surface area contributed by atoms with E-state index in [1.807, 2.05) is 0 Å². The molecule has 6 nitrogen and oxygen atoms in total. The van der Waals surface area contributed by atoms with Gasteiger partial charge in [-0.3, -0.25) is 0 Å². The van der Waals surface area contributed by atoms with Crippen LogP contribution in [0.2, 0.25) is 0 Å². The molecular formula is C6H6Cl4N4O2. The van der Waals surface area contributed by atoms with Crippen molar-refractivity contribution in [2.24, 2.45) is 0 Å². The average molecular weight is 308 g/mol. The van der Waals surface area contributed by atoms with Crippen LogP contribution in [0.5, 0.6) is 0 Å². The number of urea groups is 2. The van der Waals surface area contributed by atoms with Gasteiger partial charge in [0, 0.05) is 47.1 Å². The van der Waals surface area contributed by atoms with Gasteiger partial charge in [-0.15, -0.1) is 0 Å². The fourth-order valence-electron chi connectivity index (χ4n) is 1.80. The number of nitrogens with zero attached hydrogens (tertiary/aromatic N) is 4. The summed E-state index contributed by atoms with van der Waals surface area (Å²) in [4.78, 5) is 23.3. The number of rotatable bonds is 0. The molecule has 0 aromatic rings. The summed E-state index contributed by atoms with van der Waals surface area (Å²) in [6, 6.07) is -1.42. The summed E-state index contributed by atoms with van der Waals surface area (Å²) in [6.07, 6.45) is 0. The summed E-state index contributed by atoms with van der Waals surface area (Å²) in [5, 5.41) is 0. The molecule has 90 valence electrons. The predicted molar refractivity (Wildman–Crippen MR) is 58.4 cm³/mol. The van der Waals surface area contributed by atoms with E-state index in [-0.39, 0.29) is 0 Å². The van der Waals surface area contributed by atoms with E-state index >= 15 is 0 Å². The van der Waals surface area contributed by atoms with Gasteiger partial charge in [0.15, 0.2) is 11.3 Å². The van der Waals surface area contributed by atoms with Gasteiger partial charge in [-0.1, -0.05) is 0 Å². The van der Waals surface area contributed by atoms with E-state index < -0.39 is 23.4 Å². The van der Waals surface area contributed by atoms with Gasteiger partial charge in [-0.05, 0) is 13.8 Å². The zero-order valence-corrected chi connectivity index (χ0v) is 11.1. The highest BCUT2D eigenvalue weighted by molar-refractivity contribution is 6.35. The molecule has 0 aliphatic carbocycles.